The van der Waals surface area contributed by atoms with Crippen molar-refractivity contribution < 1.29 is 4.74 Å². The molecule has 13 heavy (non-hydrogen) atoms. The van der Waals surface area contributed by atoms with Crippen LogP contribution in [0, 0.1) is 12.3 Å². The second-order valence-electron chi connectivity index (χ2n) is 3.23. The predicted octanol–water partition coefficient (Wildman–Crippen LogP) is 1.28. The minimum Gasteiger partial charge on any atom is -0.363 e. The number of hydrogen-bond acceptors (Lipinski definition) is 2. The first-order valence-corrected chi connectivity index (χ1v) is 4.76. The first-order valence-electron chi connectivity index (χ1n) is 4.76. The van der Waals surface area contributed by atoms with Crippen LogP contribution in [0.2, 0.25) is 0 Å². The average Bonchev–Trinajstić information content (AvgIpc) is 2.20. The maximum absolute atomic E-state index is 5.38. The van der Waals surface area contributed by atoms with Gasteiger partial charge in [0.05, 0.1) is 6.61 Å². The Kier molecular flexibility index (Phi) is 4.01. The van der Waals surface area contributed by atoms with Crippen LogP contribution in [0.4, 0.5) is 0 Å². The fourth-order valence-electron chi connectivity index (χ4n) is 1.65. The summed E-state index contributed by atoms with van der Waals surface area (Å²) >= 11 is 0. The Morgan fingerprint density at radius 1 is 1.85 bits per heavy atom. The molecule has 0 N–H and O–H groups in total. The van der Waals surface area contributed by atoms with E-state index in [1.54, 1.807) is 0 Å². The van der Waals surface area contributed by atoms with Gasteiger partial charge in [0.2, 0.25) is 0 Å². The van der Waals surface area contributed by atoms with E-state index in [1.165, 1.54) is 0 Å². The second kappa shape index (κ2) is 5.06. The van der Waals surface area contributed by atoms with Gasteiger partial charge in [-0.25, -0.2) is 0 Å². The number of terminal acetylenes is 1. The molecule has 0 spiro atoms. The molecule has 0 radical (unpaired) electrons. The van der Waals surface area contributed by atoms with Gasteiger partial charge in [0.25, 0.3) is 0 Å². The summed E-state index contributed by atoms with van der Waals surface area (Å²) in [5.74, 6) is 2.64. The van der Waals surface area contributed by atoms with Crippen molar-refractivity contribution in [1.29, 1.82) is 0 Å². The molecule has 0 aliphatic carbocycles. The second-order valence-corrected chi connectivity index (χ2v) is 3.23. The van der Waals surface area contributed by atoms with Gasteiger partial charge in [-0.3, -0.25) is 4.90 Å². The Morgan fingerprint density at radius 2 is 2.62 bits per heavy atom. The fraction of sp³-hybridized carbons (Fsp3) is 0.636. The summed E-state index contributed by atoms with van der Waals surface area (Å²) in [5.41, 5.74) is 0. The zero-order valence-electron chi connectivity index (χ0n) is 8.20. The molecule has 2 nitrogen and oxygen atoms in total. The zero-order chi connectivity index (χ0) is 9.68. The lowest BCUT2D eigenvalue weighted by atomic mass is 10.1. The molecule has 0 bridgehead atoms. The van der Waals surface area contributed by atoms with E-state index in [4.69, 9.17) is 11.2 Å². The number of hydrogen-bond donors (Lipinski definition) is 0. The van der Waals surface area contributed by atoms with Crippen molar-refractivity contribution in [1.82, 2.24) is 4.90 Å². The quantitative estimate of drug-likeness (QED) is 0.478. The van der Waals surface area contributed by atoms with Gasteiger partial charge in [0.1, 0.15) is 6.10 Å². The summed E-state index contributed by atoms with van der Waals surface area (Å²) in [6, 6.07) is 0.444. The maximum Gasteiger partial charge on any atom is 0.130 e. The minimum absolute atomic E-state index is 0.0391. The zero-order valence-corrected chi connectivity index (χ0v) is 8.20. The van der Waals surface area contributed by atoms with Gasteiger partial charge in [-0.05, 0) is 6.42 Å². The monoisotopic (exact) mass is 179 g/mol. The Morgan fingerprint density at radius 3 is 3.15 bits per heavy atom. The molecule has 1 aliphatic rings. The number of nitrogens with zero attached hydrogens (tertiary/aromatic N) is 1. The molecule has 0 amide bonds. The van der Waals surface area contributed by atoms with E-state index in [1.807, 2.05) is 6.08 Å². The number of morpholine rings is 1. The highest BCUT2D eigenvalue weighted by Crippen LogP contribution is 2.11. The standard InChI is InChI=1S/C11H17NO/c1-4-10(5-2)12-7-8-13-11(6-3)9-12/h3-4,10-11H,1,5,7-9H2,2H3/t10-,11+/m1/s1. The van der Waals surface area contributed by atoms with Crippen LogP contribution in [0.25, 0.3) is 0 Å². The van der Waals surface area contributed by atoms with Crippen molar-refractivity contribution in [2.75, 3.05) is 19.7 Å². The molecule has 1 saturated heterocycles. The third-order valence-corrected chi connectivity index (χ3v) is 2.44. The van der Waals surface area contributed by atoms with Crippen molar-refractivity contribution in [3.05, 3.63) is 12.7 Å². The summed E-state index contributed by atoms with van der Waals surface area (Å²) in [6.07, 6.45) is 8.35. The highest BCUT2D eigenvalue weighted by molar-refractivity contribution is 5.00. The van der Waals surface area contributed by atoms with E-state index in [2.05, 4.69) is 24.3 Å². The first kappa shape index (κ1) is 10.3. The molecule has 1 heterocycles. The lowest BCUT2D eigenvalue weighted by molar-refractivity contribution is -0.00904. The van der Waals surface area contributed by atoms with Crippen LogP contribution in [-0.4, -0.2) is 36.7 Å². The molecule has 2 atom stereocenters. The third kappa shape index (κ3) is 2.58. The summed E-state index contributed by atoms with van der Waals surface area (Å²) in [4.78, 5) is 2.33. The summed E-state index contributed by atoms with van der Waals surface area (Å²) in [7, 11) is 0. The van der Waals surface area contributed by atoms with Gasteiger partial charge in [0.15, 0.2) is 0 Å². The maximum atomic E-state index is 5.38. The number of ether oxygens (including phenoxy) is 1. The van der Waals surface area contributed by atoms with E-state index in [0.717, 1.165) is 26.1 Å². The average molecular weight is 179 g/mol. The molecule has 0 aromatic carbocycles. The van der Waals surface area contributed by atoms with Crippen LogP contribution in [0.15, 0.2) is 12.7 Å². The minimum atomic E-state index is -0.0391. The van der Waals surface area contributed by atoms with Gasteiger partial charge < -0.3 is 4.74 Å². The lowest BCUT2D eigenvalue weighted by Gasteiger charge is -2.34. The Labute approximate surface area is 80.6 Å². The summed E-state index contributed by atoms with van der Waals surface area (Å²) < 4.78 is 5.38. The third-order valence-electron chi connectivity index (χ3n) is 2.44. The molecule has 72 valence electrons. The Hall–Kier alpha value is -0.780. The molecule has 1 rings (SSSR count). The van der Waals surface area contributed by atoms with Crippen LogP contribution >= 0.6 is 0 Å². The van der Waals surface area contributed by atoms with Gasteiger partial charge in [-0.2, -0.15) is 0 Å². The van der Waals surface area contributed by atoms with Crippen LogP contribution in [-0.2, 0) is 4.74 Å². The molecule has 2 heteroatoms. The first-order chi connectivity index (χ1) is 6.31. The van der Waals surface area contributed by atoms with E-state index >= 15 is 0 Å². The molecule has 0 aromatic heterocycles. The normalized spacial score (nSPS) is 26.3. The molecule has 1 fully saturated rings. The number of rotatable bonds is 3. The molecule has 0 saturated carbocycles. The van der Waals surface area contributed by atoms with Gasteiger partial charge in [-0.1, -0.05) is 18.9 Å². The molecule has 0 unspecified atom stereocenters. The van der Waals surface area contributed by atoms with Gasteiger partial charge in [0, 0.05) is 19.1 Å². The van der Waals surface area contributed by atoms with Gasteiger partial charge in [-0.15, -0.1) is 13.0 Å². The van der Waals surface area contributed by atoms with E-state index in [-0.39, 0.29) is 6.10 Å². The van der Waals surface area contributed by atoms with Crippen LogP contribution in [0.5, 0.6) is 0 Å². The largest absolute Gasteiger partial charge is 0.363 e. The van der Waals surface area contributed by atoms with E-state index in [9.17, 15) is 0 Å². The molecule has 1 aliphatic heterocycles. The van der Waals surface area contributed by atoms with Crippen molar-refractivity contribution in [2.45, 2.75) is 25.5 Å². The molecular weight excluding hydrogens is 162 g/mol. The van der Waals surface area contributed by atoms with Crippen LogP contribution in [0.1, 0.15) is 13.3 Å². The predicted molar refractivity (Wildman–Crippen MR) is 54.4 cm³/mol. The summed E-state index contributed by atoms with van der Waals surface area (Å²) in [5, 5.41) is 0. The molecular formula is C11H17NO. The fourth-order valence-corrected chi connectivity index (χ4v) is 1.65. The van der Waals surface area contributed by atoms with Crippen LogP contribution in [0.3, 0.4) is 0 Å². The van der Waals surface area contributed by atoms with Crippen molar-refractivity contribution in [3.8, 4) is 12.3 Å². The smallest absolute Gasteiger partial charge is 0.130 e. The highest BCUT2D eigenvalue weighted by Gasteiger charge is 2.22. The Bertz CT molecular complexity index is 207. The summed E-state index contributed by atoms with van der Waals surface area (Å²) in [6.45, 7) is 8.51. The van der Waals surface area contributed by atoms with Crippen molar-refractivity contribution >= 4 is 0 Å². The van der Waals surface area contributed by atoms with Gasteiger partial charge >= 0.3 is 0 Å². The molecule has 0 aromatic rings. The lowest BCUT2D eigenvalue weighted by Crippen LogP contribution is -2.46. The van der Waals surface area contributed by atoms with Crippen LogP contribution < -0.4 is 0 Å². The SMILES string of the molecule is C#C[C@H]1CN([C@H](C=C)CC)CCO1. The van der Waals surface area contributed by atoms with E-state index in [0.29, 0.717) is 6.04 Å². The van der Waals surface area contributed by atoms with Crippen molar-refractivity contribution in [3.63, 3.8) is 0 Å². The Balaban J connectivity index is 2.50. The van der Waals surface area contributed by atoms with E-state index < -0.39 is 0 Å². The highest BCUT2D eigenvalue weighted by atomic mass is 16.5. The topological polar surface area (TPSA) is 12.5 Å². The van der Waals surface area contributed by atoms with Crippen molar-refractivity contribution in [2.24, 2.45) is 0 Å².